The lowest BCUT2D eigenvalue weighted by atomic mass is 10.1. The SMILES string of the molecule is COc1ccc(NC(=O)Cc2ccccc2OC)c(C)c1. The fourth-order valence-electron chi connectivity index (χ4n) is 2.12. The molecule has 0 saturated carbocycles. The summed E-state index contributed by atoms with van der Waals surface area (Å²) in [5.41, 5.74) is 2.61. The Bertz CT molecular complexity index is 638. The average Bonchev–Trinajstić information content (AvgIpc) is 2.49. The first-order chi connectivity index (χ1) is 10.1. The number of rotatable bonds is 5. The van der Waals surface area contributed by atoms with Crippen molar-refractivity contribution >= 4 is 11.6 Å². The molecule has 110 valence electrons. The topological polar surface area (TPSA) is 47.6 Å². The predicted molar refractivity (Wildman–Crippen MR) is 83.1 cm³/mol. The molecule has 0 aliphatic carbocycles. The van der Waals surface area contributed by atoms with Gasteiger partial charge in [0.1, 0.15) is 11.5 Å². The Balaban J connectivity index is 2.08. The summed E-state index contributed by atoms with van der Waals surface area (Å²) >= 11 is 0. The minimum Gasteiger partial charge on any atom is -0.497 e. The Morgan fingerprint density at radius 2 is 1.86 bits per heavy atom. The maximum absolute atomic E-state index is 12.2. The largest absolute Gasteiger partial charge is 0.497 e. The Hall–Kier alpha value is -2.49. The van der Waals surface area contributed by atoms with Gasteiger partial charge in [-0.1, -0.05) is 18.2 Å². The first-order valence-corrected chi connectivity index (χ1v) is 6.70. The number of anilines is 1. The zero-order chi connectivity index (χ0) is 15.2. The van der Waals surface area contributed by atoms with Crippen LogP contribution in [0.15, 0.2) is 42.5 Å². The van der Waals surface area contributed by atoms with Crippen LogP contribution in [-0.2, 0) is 11.2 Å². The number of ether oxygens (including phenoxy) is 2. The quantitative estimate of drug-likeness (QED) is 0.917. The van der Waals surface area contributed by atoms with E-state index < -0.39 is 0 Å². The van der Waals surface area contributed by atoms with Gasteiger partial charge in [0.05, 0.1) is 20.6 Å². The Kier molecular flexibility index (Phi) is 4.82. The van der Waals surface area contributed by atoms with E-state index in [1.807, 2.05) is 49.4 Å². The van der Waals surface area contributed by atoms with Gasteiger partial charge in [-0.15, -0.1) is 0 Å². The zero-order valence-electron chi connectivity index (χ0n) is 12.5. The van der Waals surface area contributed by atoms with Gasteiger partial charge < -0.3 is 14.8 Å². The molecule has 21 heavy (non-hydrogen) atoms. The van der Waals surface area contributed by atoms with Crippen molar-refractivity contribution in [3.05, 3.63) is 53.6 Å². The van der Waals surface area contributed by atoms with Crippen molar-refractivity contribution in [1.29, 1.82) is 0 Å². The van der Waals surface area contributed by atoms with Crippen LogP contribution in [0.3, 0.4) is 0 Å². The molecule has 0 radical (unpaired) electrons. The van der Waals surface area contributed by atoms with Gasteiger partial charge in [0.15, 0.2) is 0 Å². The van der Waals surface area contributed by atoms with Crippen LogP contribution < -0.4 is 14.8 Å². The fourth-order valence-corrected chi connectivity index (χ4v) is 2.12. The van der Waals surface area contributed by atoms with Crippen molar-refractivity contribution in [2.45, 2.75) is 13.3 Å². The number of carbonyl (C=O) groups excluding carboxylic acids is 1. The van der Waals surface area contributed by atoms with Crippen LogP contribution in [0.25, 0.3) is 0 Å². The number of methoxy groups -OCH3 is 2. The smallest absolute Gasteiger partial charge is 0.228 e. The fraction of sp³-hybridized carbons (Fsp3) is 0.235. The molecule has 1 amide bonds. The molecule has 4 nitrogen and oxygen atoms in total. The first-order valence-electron chi connectivity index (χ1n) is 6.70. The third kappa shape index (κ3) is 3.75. The normalized spacial score (nSPS) is 10.0. The minimum atomic E-state index is -0.0761. The summed E-state index contributed by atoms with van der Waals surface area (Å²) in [4.78, 5) is 12.2. The maximum Gasteiger partial charge on any atom is 0.228 e. The molecule has 0 fully saturated rings. The van der Waals surface area contributed by atoms with E-state index in [2.05, 4.69) is 5.32 Å². The highest BCUT2D eigenvalue weighted by molar-refractivity contribution is 5.93. The van der Waals surface area contributed by atoms with Gasteiger partial charge in [0.25, 0.3) is 0 Å². The van der Waals surface area contributed by atoms with E-state index in [0.717, 1.165) is 28.3 Å². The van der Waals surface area contributed by atoms with Crippen molar-refractivity contribution in [3.8, 4) is 11.5 Å². The standard InChI is InChI=1S/C17H19NO3/c1-12-10-14(20-2)8-9-15(12)18-17(19)11-13-6-4-5-7-16(13)21-3/h4-10H,11H2,1-3H3,(H,18,19). The van der Waals surface area contributed by atoms with Crippen LogP contribution in [0.2, 0.25) is 0 Å². The molecule has 2 aromatic carbocycles. The van der Waals surface area contributed by atoms with E-state index in [1.54, 1.807) is 14.2 Å². The lowest BCUT2D eigenvalue weighted by molar-refractivity contribution is -0.115. The van der Waals surface area contributed by atoms with Gasteiger partial charge >= 0.3 is 0 Å². The van der Waals surface area contributed by atoms with Crippen LogP contribution in [0.4, 0.5) is 5.69 Å². The second-order valence-corrected chi connectivity index (χ2v) is 4.72. The minimum absolute atomic E-state index is 0.0761. The highest BCUT2D eigenvalue weighted by atomic mass is 16.5. The van der Waals surface area contributed by atoms with Crippen molar-refractivity contribution in [2.75, 3.05) is 19.5 Å². The lowest BCUT2D eigenvalue weighted by Gasteiger charge is -2.11. The second kappa shape index (κ2) is 6.79. The average molecular weight is 285 g/mol. The van der Waals surface area contributed by atoms with Gasteiger partial charge in [-0.25, -0.2) is 0 Å². The molecule has 0 aliphatic rings. The number of hydrogen-bond donors (Lipinski definition) is 1. The molecule has 0 unspecified atom stereocenters. The Morgan fingerprint density at radius 3 is 2.52 bits per heavy atom. The molecule has 0 atom stereocenters. The molecular weight excluding hydrogens is 266 g/mol. The third-order valence-electron chi connectivity index (χ3n) is 3.25. The van der Waals surface area contributed by atoms with E-state index in [0.29, 0.717) is 0 Å². The van der Waals surface area contributed by atoms with E-state index in [9.17, 15) is 4.79 Å². The molecule has 0 bridgehead atoms. The van der Waals surface area contributed by atoms with E-state index in [-0.39, 0.29) is 12.3 Å². The van der Waals surface area contributed by atoms with Gasteiger partial charge in [-0.3, -0.25) is 4.79 Å². The summed E-state index contributed by atoms with van der Waals surface area (Å²) in [7, 11) is 3.22. The number of benzene rings is 2. The molecule has 0 heterocycles. The molecule has 0 spiro atoms. The Morgan fingerprint density at radius 1 is 1.10 bits per heavy atom. The molecule has 0 aliphatic heterocycles. The lowest BCUT2D eigenvalue weighted by Crippen LogP contribution is -2.15. The zero-order valence-corrected chi connectivity index (χ0v) is 12.5. The number of hydrogen-bond acceptors (Lipinski definition) is 3. The van der Waals surface area contributed by atoms with Crippen molar-refractivity contribution in [1.82, 2.24) is 0 Å². The van der Waals surface area contributed by atoms with Gasteiger partial charge in [0.2, 0.25) is 5.91 Å². The first kappa shape index (κ1) is 14.9. The van der Waals surface area contributed by atoms with Crippen LogP contribution in [0, 0.1) is 6.92 Å². The van der Waals surface area contributed by atoms with E-state index in [1.165, 1.54) is 0 Å². The molecule has 0 saturated heterocycles. The van der Waals surface area contributed by atoms with Gasteiger partial charge in [-0.05, 0) is 36.8 Å². The molecule has 2 aromatic rings. The van der Waals surface area contributed by atoms with Crippen molar-refractivity contribution < 1.29 is 14.3 Å². The number of carbonyl (C=O) groups is 1. The van der Waals surface area contributed by atoms with E-state index >= 15 is 0 Å². The molecule has 4 heteroatoms. The summed E-state index contributed by atoms with van der Waals surface area (Å²) in [6.45, 7) is 1.93. The van der Waals surface area contributed by atoms with Crippen molar-refractivity contribution in [3.63, 3.8) is 0 Å². The third-order valence-corrected chi connectivity index (χ3v) is 3.25. The molecule has 2 rings (SSSR count). The van der Waals surface area contributed by atoms with Crippen LogP contribution >= 0.6 is 0 Å². The molecule has 0 aromatic heterocycles. The second-order valence-electron chi connectivity index (χ2n) is 4.72. The highest BCUT2D eigenvalue weighted by Gasteiger charge is 2.10. The number of nitrogens with one attached hydrogen (secondary N) is 1. The Labute approximate surface area is 124 Å². The maximum atomic E-state index is 12.2. The van der Waals surface area contributed by atoms with Crippen molar-refractivity contribution in [2.24, 2.45) is 0 Å². The van der Waals surface area contributed by atoms with Crippen LogP contribution in [-0.4, -0.2) is 20.1 Å². The number of aryl methyl sites for hydroxylation is 1. The van der Waals surface area contributed by atoms with Gasteiger partial charge in [0, 0.05) is 11.3 Å². The molecule has 1 N–H and O–H groups in total. The monoisotopic (exact) mass is 285 g/mol. The van der Waals surface area contributed by atoms with Gasteiger partial charge in [-0.2, -0.15) is 0 Å². The summed E-state index contributed by atoms with van der Waals surface area (Å²) in [5, 5.41) is 2.91. The number of para-hydroxylation sites is 1. The summed E-state index contributed by atoms with van der Waals surface area (Å²) in [6, 6.07) is 13.1. The molecular formula is C17H19NO3. The van der Waals surface area contributed by atoms with Crippen LogP contribution in [0.1, 0.15) is 11.1 Å². The summed E-state index contributed by atoms with van der Waals surface area (Å²) in [5.74, 6) is 1.42. The number of amides is 1. The highest BCUT2D eigenvalue weighted by Crippen LogP contribution is 2.22. The van der Waals surface area contributed by atoms with E-state index in [4.69, 9.17) is 9.47 Å². The summed E-state index contributed by atoms with van der Waals surface area (Å²) < 4.78 is 10.4. The van der Waals surface area contributed by atoms with Crippen LogP contribution in [0.5, 0.6) is 11.5 Å². The summed E-state index contributed by atoms with van der Waals surface area (Å²) in [6.07, 6.45) is 0.273. The predicted octanol–water partition coefficient (Wildman–Crippen LogP) is 3.19.